The Hall–Kier alpha value is -2.29. The molecule has 1 amide bonds. The number of thioether (sulfide) groups is 1. The number of amides is 1. The van der Waals surface area contributed by atoms with E-state index in [1.54, 1.807) is 30.7 Å². The third-order valence-corrected chi connectivity index (χ3v) is 5.21. The Labute approximate surface area is 164 Å². The lowest BCUT2D eigenvalue weighted by Gasteiger charge is -2.21. The van der Waals surface area contributed by atoms with Crippen LogP contribution in [0.1, 0.15) is 24.7 Å². The van der Waals surface area contributed by atoms with Gasteiger partial charge in [-0.2, -0.15) is 11.8 Å². The molecule has 0 atom stereocenters. The van der Waals surface area contributed by atoms with Crippen LogP contribution < -0.4 is 9.47 Å². The molecule has 0 aliphatic rings. The Morgan fingerprint density at radius 1 is 1.26 bits per heavy atom. The van der Waals surface area contributed by atoms with E-state index < -0.39 is 0 Å². The maximum atomic E-state index is 12.5. The number of aromatic nitrogens is 4. The molecule has 27 heavy (non-hydrogen) atoms. The molecule has 0 bridgehead atoms. The van der Waals surface area contributed by atoms with Crippen LogP contribution in [0.15, 0.2) is 18.2 Å². The van der Waals surface area contributed by atoms with Crippen LogP contribution in [0.4, 0.5) is 0 Å². The van der Waals surface area contributed by atoms with Gasteiger partial charge in [-0.1, -0.05) is 6.07 Å². The molecule has 2 rings (SSSR count). The highest BCUT2D eigenvalue weighted by Gasteiger charge is 2.13. The fourth-order valence-electron chi connectivity index (χ4n) is 2.61. The summed E-state index contributed by atoms with van der Waals surface area (Å²) in [5, 5.41) is 11.3. The molecule has 9 heteroatoms. The van der Waals surface area contributed by atoms with Crippen LogP contribution in [0, 0.1) is 0 Å². The van der Waals surface area contributed by atoms with Gasteiger partial charge in [-0.15, -0.1) is 5.10 Å². The summed E-state index contributed by atoms with van der Waals surface area (Å²) in [7, 11) is 5.06. The van der Waals surface area contributed by atoms with Crippen LogP contribution in [-0.4, -0.2) is 64.1 Å². The molecule has 2 aromatic rings. The van der Waals surface area contributed by atoms with Crippen molar-refractivity contribution in [1.29, 1.82) is 0 Å². The first-order chi connectivity index (χ1) is 13.1. The zero-order valence-corrected chi connectivity index (χ0v) is 17.2. The van der Waals surface area contributed by atoms with Gasteiger partial charge >= 0.3 is 0 Å². The van der Waals surface area contributed by atoms with E-state index in [1.807, 2.05) is 37.1 Å². The number of aryl methyl sites for hydroxylation is 1. The van der Waals surface area contributed by atoms with Crippen molar-refractivity contribution in [3.8, 4) is 11.5 Å². The summed E-state index contributed by atoms with van der Waals surface area (Å²) in [4.78, 5) is 14.4. The van der Waals surface area contributed by atoms with E-state index in [0.29, 0.717) is 36.8 Å². The molecule has 0 aliphatic heterocycles. The Balaban J connectivity index is 1.78. The predicted octanol–water partition coefficient (Wildman–Crippen LogP) is 1.94. The minimum absolute atomic E-state index is 0.168. The molecule has 0 saturated heterocycles. The number of rotatable bonds is 11. The van der Waals surface area contributed by atoms with E-state index in [0.717, 1.165) is 23.6 Å². The van der Waals surface area contributed by atoms with Gasteiger partial charge in [-0.3, -0.25) is 4.79 Å². The summed E-state index contributed by atoms with van der Waals surface area (Å²) >= 11 is 1.66. The molecule has 0 unspecified atom stereocenters. The third-order valence-electron chi connectivity index (χ3n) is 4.25. The number of ether oxygens (including phenoxy) is 2. The largest absolute Gasteiger partial charge is 0.493 e. The van der Waals surface area contributed by atoms with Crippen molar-refractivity contribution in [3.05, 3.63) is 29.6 Å². The topological polar surface area (TPSA) is 82.4 Å². The molecule has 0 radical (unpaired) electrons. The van der Waals surface area contributed by atoms with Crippen molar-refractivity contribution in [1.82, 2.24) is 25.1 Å². The minimum atomic E-state index is 0.168. The first-order valence-corrected chi connectivity index (χ1v) is 10.0. The monoisotopic (exact) mass is 393 g/mol. The average molecular weight is 394 g/mol. The van der Waals surface area contributed by atoms with Gasteiger partial charge in [0.15, 0.2) is 17.3 Å². The Bertz CT molecular complexity index is 738. The van der Waals surface area contributed by atoms with Gasteiger partial charge < -0.3 is 14.4 Å². The first-order valence-electron chi connectivity index (χ1n) is 8.86. The van der Waals surface area contributed by atoms with Crippen molar-refractivity contribution in [2.75, 3.05) is 33.1 Å². The number of hydrogen-bond donors (Lipinski definition) is 0. The molecule has 0 spiro atoms. The van der Waals surface area contributed by atoms with Crippen LogP contribution in [0.5, 0.6) is 11.5 Å². The van der Waals surface area contributed by atoms with E-state index >= 15 is 0 Å². The predicted molar refractivity (Wildman–Crippen MR) is 105 cm³/mol. The van der Waals surface area contributed by atoms with Crippen LogP contribution in [0.2, 0.25) is 0 Å². The zero-order chi connectivity index (χ0) is 19.6. The number of hydrogen-bond acceptors (Lipinski definition) is 7. The molecule has 1 aromatic heterocycles. The van der Waals surface area contributed by atoms with Gasteiger partial charge in [0.05, 0.1) is 20.0 Å². The van der Waals surface area contributed by atoms with Crippen molar-refractivity contribution in [2.24, 2.45) is 7.05 Å². The number of tetrazole rings is 1. The molecule has 0 saturated carbocycles. The summed E-state index contributed by atoms with van der Waals surface area (Å²) in [5.41, 5.74) is 1.11. The van der Waals surface area contributed by atoms with Crippen molar-refractivity contribution >= 4 is 17.7 Å². The second kappa shape index (κ2) is 10.8. The highest BCUT2D eigenvalue weighted by atomic mass is 32.2. The van der Waals surface area contributed by atoms with Crippen LogP contribution in [0.3, 0.4) is 0 Å². The minimum Gasteiger partial charge on any atom is -0.493 e. The average Bonchev–Trinajstić information content (AvgIpc) is 3.10. The summed E-state index contributed by atoms with van der Waals surface area (Å²) in [6.45, 7) is 3.39. The molecule has 8 nitrogen and oxygen atoms in total. The van der Waals surface area contributed by atoms with E-state index in [2.05, 4.69) is 15.5 Å². The smallest absolute Gasteiger partial charge is 0.223 e. The third kappa shape index (κ3) is 6.13. The Kier molecular flexibility index (Phi) is 8.38. The molecular formula is C18H27N5O3S. The van der Waals surface area contributed by atoms with E-state index in [4.69, 9.17) is 9.47 Å². The van der Waals surface area contributed by atoms with Gasteiger partial charge in [0.25, 0.3) is 0 Å². The van der Waals surface area contributed by atoms with Crippen LogP contribution >= 0.6 is 11.8 Å². The number of nitrogens with zero attached hydrogens (tertiary/aromatic N) is 5. The number of likely N-dealkylation sites (N-methyl/N-ethyl adjacent to an activating group) is 1. The first kappa shape index (κ1) is 21.0. The number of benzene rings is 1. The van der Waals surface area contributed by atoms with Gasteiger partial charge in [-0.05, 0) is 41.5 Å². The summed E-state index contributed by atoms with van der Waals surface area (Å²) in [6.07, 6.45) is 1.29. The fraction of sp³-hybridized carbons (Fsp3) is 0.556. The second-order valence-electron chi connectivity index (χ2n) is 5.93. The molecule has 0 fully saturated rings. The number of carbonyl (C=O) groups is 1. The summed E-state index contributed by atoms with van der Waals surface area (Å²) in [6, 6.07) is 5.86. The molecular weight excluding hydrogens is 366 g/mol. The van der Waals surface area contributed by atoms with E-state index in [1.165, 1.54) is 0 Å². The van der Waals surface area contributed by atoms with Crippen molar-refractivity contribution in [2.45, 2.75) is 25.5 Å². The number of carbonyl (C=O) groups excluding carboxylic acids is 1. The van der Waals surface area contributed by atoms with Crippen molar-refractivity contribution < 1.29 is 14.3 Å². The molecule has 1 heterocycles. The van der Waals surface area contributed by atoms with E-state index in [9.17, 15) is 4.79 Å². The highest BCUT2D eigenvalue weighted by Crippen LogP contribution is 2.27. The summed E-state index contributed by atoms with van der Waals surface area (Å²) in [5.74, 6) is 3.85. The van der Waals surface area contributed by atoms with Crippen LogP contribution in [-0.2, 0) is 24.0 Å². The quantitative estimate of drug-likeness (QED) is 0.540. The lowest BCUT2D eigenvalue weighted by atomic mass is 10.1. The SMILES string of the molecule is CCN(CCc1ccc(OC)c(OC)c1)C(=O)CCSCc1nnnn1C. The van der Waals surface area contributed by atoms with E-state index in [-0.39, 0.29) is 5.91 Å². The van der Waals surface area contributed by atoms with Gasteiger partial charge in [0.2, 0.25) is 5.91 Å². The van der Waals surface area contributed by atoms with Crippen LogP contribution in [0.25, 0.3) is 0 Å². The fourth-order valence-corrected chi connectivity index (χ4v) is 3.50. The Morgan fingerprint density at radius 2 is 2.04 bits per heavy atom. The standard InChI is InChI=1S/C18H27N5O3S/c1-5-23(10-8-14-6-7-15(25-3)16(12-14)26-4)18(24)9-11-27-13-17-19-20-21-22(17)2/h6-7,12H,5,8-11,13H2,1-4H3. The zero-order valence-electron chi connectivity index (χ0n) is 16.3. The molecule has 1 aromatic carbocycles. The number of methoxy groups -OCH3 is 2. The molecule has 0 aliphatic carbocycles. The second-order valence-corrected chi connectivity index (χ2v) is 7.04. The Morgan fingerprint density at radius 3 is 2.67 bits per heavy atom. The van der Waals surface area contributed by atoms with Gasteiger partial charge in [0, 0.05) is 32.3 Å². The van der Waals surface area contributed by atoms with Crippen molar-refractivity contribution in [3.63, 3.8) is 0 Å². The highest BCUT2D eigenvalue weighted by molar-refractivity contribution is 7.98. The molecule has 0 N–H and O–H groups in total. The molecule has 148 valence electrons. The lowest BCUT2D eigenvalue weighted by Crippen LogP contribution is -2.32. The maximum Gasteiger partial charge on any atom is 0.223 e. The van der Waals surface area contributed by atoms with Gasteiger partial charge in [-0.25, -0.2) is 4.68 Å². The maximum absolute atomic E-state index is 12.5. The normalized spacial score (nSPS) is 10.7. The lowest BCUT2D eigenvalue weighted by molar-refractivity contribution is -0.130. The van der Waals surface area contributed by atoms with Gasteiger partial charge in [0.1, 0.15) is 0 Å². The summed E-state index contributed by atoms with van der Waals surface area (Å²) < 4.78 is 12.2.